The highest BCUT2D eigenvalue weighted by molar-refractivity contribution is 5.81. The number of carbonyl (C=O) groups is 1. The summed E-state index contributed by atoms with van der Waals surface area (Å²) in [7, 11) is 0. The molecule has 1 nitrogen and oxygen atoms in total. The molecule has 0 aliphatic heterocycles. The molecule has 0 aromatic heterocycles. The van der Waals surface area contributed by atoms with E-state index in [1.165, 1.54) is 19.1 Å². The van der Waals surface area contributed by atoms with E-state index in [9.17, 15) is 18.0 Å². The number of Topliss-reactive ketones (excluding diaryl/α,β-unsaturated/α-hetero) is 1. The van der Waals surface area contributed by atoms with Crippen molar-refractivity contribution in [2.24, 2.45) is 11.8 Å². The fourth-order valence-corrected chi connectivity index (χ4v) is 2.28. The van der Waals surface area contributed by atoms with E-state index in [0.29, 0.717) is 6.42 Å². The van der Waals surface area contributed by atoms with Crippen LogP contribution in [0.2, 0.25) is 0 Å². The summed E-state index contributed by atoms with van der Waals surface area (Å²) in [4.78, 5) is 11.3. The standard InChI is InChI=1S/C15H15F3O/c1-9(10(2)19)11-3-4-13-8-14(15(16,17)18)6-5-12(13)7-11/h3,5-9,13H,4H2,1-2H3. The normalized spacial score (nSPS) is 24.1. The van der Waals surface area contributed by atoms with Gasteiger partial charge >= 0.3 is 6.18 Å². The molecule has 0 aromatic rings. The van der Waals surface area contributed by atoms with Gasteiger partial charge in [0.2, 0.25) is 0 Å². The minimum Gasteiger partial charge on any atom is -0.299 e. The molecule has 2 atom stereocenters. The van der Waals surface area contributed by atoms with Gasteiger partial charge in [-0.25, -0.2) is 0 Å². The van der Waals surface area contributed by atoms with E-state index in [0.717, 1.165) is 17.2 Å². The van der Waals surface area contributed by atoms with Crippen molar-refractivity contribution >= 4 is 5.78 Å². The van der Waals surface area contributed by atoms with Crippen molar-refractivity contribution in [2.75, 3.05) is 0 Å². The number of alkyl halides is 3. The van der Waals surface area contributed by atoms with Gasteiger partial charge in [0, 0.05) is 11.8 Å². The van der Waals surface area contributed by atoms with Gasteiger partial charge in [-0.2, -0.15) is 13.2 Å². The Morgan fingerprint density at radius 3 is 2.63 bits per heavy atom. The lowest BCUT2D eigenvalue weighted by molar-refractivity contribution is -0.119. The van der Waals surface area contributed by atoms with Crippen molar-refractivity contribution < 1.29 is 18.0 Å². The number of rotatable bonds is 2. The van der Waals surface area contributed by atoms with E-state index >= 15 is 0 Å². The maximum absolute atomic E-state index is 12.6. The van der Waals surface area contributed by atoms with Crippen molar-refractivity contribution in [1.82, 2.24) is 0 Å². The Morgan fingerprint density at radius 2 is 2.05 bits per heavy atom. The van der Waals surface area contributed by atoms with Gasteiger partial charge in [-0.05, 0) is 24.5 Å². The topological polar surface area (TPSA) is 17.1 Å². The van der Waals surface area contributed by atoms with E-state index in [2.05, 4.69) is 0 Å². The van der Waals surface area contributed by atoms with Crippen LogP contribution < -0.4 is 0 Å². The molecule has 0 heterocycles. The van der Waals surface area contributed by atoms with Gasteiger partial charge in [0.25, 0.3) is 0 Å². The van der Waals surface area contributed by atoms with Crippen LogP contribution in [-0.2, 0) is 4.79 Å². The minimum absolute atomic E-state index is 0.0628. The van der Waals surface area contributed by atoms with E-state index in [4.69, 9.17) is 0 Å². The summed E-state index contributed by atoms with van der Waals surface area (Å²) in [6, 6.07) is 0. The zero-order chi connectivity index (χ0) is 14.2. The molecular weight excluding hydrogens is 253 g/mol. The first-order valence-electron chi connectivity index (χ1n) is 6.18. The lowest BCUT2D eigenvalue weighted by Gasteiger charge is -2.25. The molecule has 0 N–H and O–H groups in total. The number of hydrogen-bond donors (Lipinski definition) is 0. The lowest BCUT2D eigenvalue weighted by atomic mass is 9.80. The fraction of sp³-hybridized carbons (Fsp3) is 0.400. The van der Waals surface area contributed by atoms with Crippen molar-refractivity contribution in [2.45, 2.75) is 26.4 Å². The Hall–Kier alpha value is -1.58. The summed E-state index contributed by atoms with van der Waals surface area (Å²) in [6.07, 6.45) is 3.79. The third kappa shape index (κ3) is 2.88. The van der Waals surface area contributed by atoms with Crippen molar-refractivity contribution in [3.63, 3.8) is 0 Å². The second kappa shape index (κ2) is 4.83. The third-order valence-corrected chi connectivity index (χ3v) is 3.64. The van der Waals surface area contributed by atoms with Crippen molar-refractivity contribution in [3.05, 3.63) is 47.1 Å². The predicted molar refractivity (Wildman–Crippen MR) is 67.4 cm³/mol. The molecule has 0 fully saturated rings. The summed E-state index contributed by atoms with van der Waals surface area (Å²) in [5, 5.41) is 0. The molecule has 0 aromatic carbocycles. The predicted octanol–water partition coefficient (Wildman–Crippen LogP) is 4.14. The Bertz CT molecular complexity index is 518. The summed E-state index contributed by atoms with van der Waals surface area (Å²) in [5.41, 5.74) is 1.15. The molecule has 2 unspecified atom stereocenters. The van der Waals surface area contributed by atoms with Crippen molar-refractivity contribution in [3.8, 4) is 0 Å². The maximum atomic E-state index is 12.6. The number of halogens is 3. The Morgan fingerprint density at radius 1 is 1.37 bits per heavy atom. The second-order valence-corrected chi connectivity index (χ2v) is 4.98. The summed E-state index contributed by atoms with van der Waals surface area (Å²) >= 11 is 0. The SMILES string of the molecule is CC(=O)C(C)C1=CCC2C=C(C(F)(F)F)C=CC2=C1. The Kier molecular flexibility index (Phi) is 3.52. The smallest absolute Gasteiger partial charge is 0.299 e. The first-order valence-corrected chi connectivity index (χ1v) is 6.18. The Labute approximate surface area is 110 Å². The molecule has 19 heavy (non-hydrogen) atoms. The summed E-state index contributed by atoms with van der Waals surface area (Å²) in [5.74, 6) is -0.368. The molecule has 0 radical (unpaired) electrons. The van der Waals surface area contributed by atoms with Crippen LogP contribution in [0, 0.1) is 11.8 Å². The molecule has 4 heteroatoms. The van der Waals surface area contributed by atoms with E-state index in [1.807, 2.05) is 19.1 Å². The van der Waals surface area contributed by atoms with Gasteiger partial charge in [-0.1, -0.05) is 37.3 Å². The van der Waals surface area contributed by atoms with Gasteiger partial charge in [0.15, 0.2) is 0 Å². The highest BCUT2D eigenvalue weighted by Gasteiger charge is 2.34. The van der Waals surface area contributed by atoms with Gasteiger partial charge in [0.1, 0.15) is 5.78 Å². The molecule has 0 saturated heterocycles. The average molecular weight is 268 g/mol. The number of allylic oxidation sites excluding steroid dienone is 8. The third-order valence-electron chi connectivity index (χ3n) is 3.64. The number of carbonyl (C=O) groups excluding carboxylic acids is 1. The van der Waals surface area contributed by atoms with Crippen LogP contribution >= 0.6 is 0 Å². The van der Waals surface area contributed by atoms with E-state index in [1.54, 1.807) is 0 Å². The zero-order valence-corrected chi connectivity index (χ0v) is 10.8. The molecule has 2 aliphatic rings. The van der Waals surface area contributed by atoms with Crippen LogP contribution in [0.5, 0.6) is 0 Å². The largest absolute Gasteiger partial charge is 0.416 e. The molecule has 0 saturated carbocycles. The minimum atomic E-state index is -4.29. The van der Waals surface area contributed by atoms with Crippen LogP contribution in [-0.4, -0.2) is 12.0 Å². The molecule has 0 amide bonds. The Balaban J connectivity index is 2.22. The van der Waals surface area contributed by atoms with E-state index in [-0.39, 0.29) is 17.6 Å². The molecule has 0 spiro atoms. The molecule has 2 rings (SSSR count). The number of hydrogen-bond acceptors (Lipinski definition) is 1. The second-order valence-electron chi connectivity index (χ2n) is 4.98. The monoisotopic (exact) mass is 268 g/mol. The number of fused-ring (bicyclic) bond motifs is 1. The first-order chi connectivity index (χ1) is 8.79. The van der Waals surface area contributed by atoms with Gasteiger partial charge in [-0.3, -0.25) is 4.79 Å². The summed E-state index contributed by atoms with van der Waals surface area (Å²) in [6.45, 7) is 3.34. The van der Waals surface area contributed by atoms with Gasteiger partial charge in [0.05, 0.1) is 5.57 Å². The van der Waals surface area contributed by atoms with Crippen LogP contribution in [0.3, 0.4) is 0 Å². The maximum Gasteiger partial charge on any atom is 0.416 e. The van der Waals surface area contributed by atoms with Crippen LogP contribution in [0.25, 0.3) is 0 Å². The molecule has 2 aliphatic carbocycles. The highest BCUT2D eigenvalue weighted by atomic mass is 19.4. The van der Waals surface area contributed by atoms with Crippen molar-refractivity contribution in [1.29, 1.82) is 0 Å². The van der Waals surface area contributed by atoms with Crippen LogP contribution in [0.4, 0.5) is 13.2 Å². The quantitative estimate of drug-likeness (QED) is 0.735. The first kappa shape index (κ1) is 13.8. The average Bonchev–Trinajstić information content (AvgIpc) is 2.35. The zero-order valence-electron chi connectivity index (χ0n) is 10.8. The summed E-state index contributed by atoms with van der Waals surface area (Å²) < 4.78 is 37.8. The number of ketones is 1. The van der Waals surface area contributed by atoms with Crippen LogP contribution in [0.1, 0.15) is 20.3 Å². The fourth-order valence-electron chi connectivity index (χ4n) is 2.28. The molecular formula is C15H15F3O. The van der Waals surface area contributed by atoms with Gasteiger partial charge in [-0.15, -0.1) is 0 Å². The van der Waals surface area contributed by atoms with Crippen LogP contribution in [0.15, 0.2) is 47.1 Å². The molecule has 102 valence electrons. The molecule has 0 bridgehead atoms. The lowest BCUT2D eigenvalue weighted by Crippen LogP contribution is -2.18. The van der Waals surface area contributed by atoms with Gasteiger partial charge < -0.3 is 0 Å². The van der Waals surface area contributed by atoms with E-state index < -0.39 is 11.7 Å². The highest BCUT2D eigenvalue weighted by Crippen LogP contribution is 2.37.